The van der Waals surface area contributed by atoms with Crippen LogP contribution >= 0.6 is 0 Å². The molecule has 0 spiro atoms. The number of aromatic hydroxyl groups is 3. The van der Waals surface area contributed by atoms with Crippen LogP contribution in [-0.4, -0.2) is 120 Å². The topological polar surface area (TPSA) is 236 Å². The number of aliphatic hydroxyl groups excluding tert-OH is 6. The van der Waals surface area contributed by atoms with Gasteiger partial charge in [0.05, 0.1) is 12.7 Å². The Kier molecular flexibility index (Phi) is 10.5. The lowest BCUT2D eigenvalue weighted by Crippen LogP contribution is -2.64. The number of benzene rings is 2. The van der Waals surface area contributed by atoms with Crippen molar-refractivity contribution in [3.63, 3.8) is 0 Å². The zero-order valence-corrected chi connectivity index (χ0v) is 23.6. The third-order valence-electron chi connectivity index (χ3n) is 7.70. The Morgan fingerprint density at radius 2 is 1.51 bits per heavy atom. The van der Waals surface area contributed by atoms with E-state index < -0.39 is 85.3 Å². The third-order valence-corrected chi connectivity index (χ3v) is 7.70. The fraction of sp³-hybridized carbons (Fsp3) is 0.552. The summed E-state index contributed by atoms with van der Waals surface area (Å²) < 4.78 is 22.3. The molecule has 2 aromatic rings. The number of phenolic OH excluding ortho intramolecular Hbond substituents is 3. The molecule has 0 aromatic heterocycles. The fourth-order valence-corrected chi connectivity index (χ4v) is 5.10. The maximum atomic E-state index is 12.9. The van der Waals surface area contributed by atoms with Gasteiger partial charge in [0.15, 0.2) is 18.2 Å². The molecule has 238 valence electrons. The van der Waals surface area contributed by atoms with Crippen molar-refractivity contribution in [2.75, 3.05) is 6.61 Å². The van der Waals surface area contributed by atoms with Crippen molar-refractivity contribution in [1.29, 1.82) is 0 Å². The van der Waals surface area contributed by atoms with Gasteiger partial charge in [-0.3, -0.25) is 4.79 Å². The van der Waals surface area contributed by atoms with Crippen LogP contribution in [0.3, 0.4) is 0 Å². The molecule has 2 aliphatic rings. The molecule has 9 N–H and O–H groups in total. The number of carbonyl (C=O) groups excluding carboxylic acids is 1. The molecule has 0 unspecified atom stereocenters. The standard InChI is InChI=1S/C29H38O14/c1-3-14-6-4-13(8-17(14)32)5-7-16(31)21-18(33)9-15(10-19(21)34)41-29-27(25(38)23(36)20(11-30)42-29)43-28-26(39)24(37)22(35)12(2)40-28/h4,6,8-10,12,20,22-30,32-39H,3,5,7,11H2,1-2H3/t12-,20+,22-,23+,24+,25-,26+,27+,28-,29+/m0/s1. The first-order chi connectivity index (χ1) is 20.4. The van der Waals surface area contributed by atoms with E-state index >= 15 is 0 Å². The van der Waals surface area contributed by atoms with Gasteiger partial charge in [0, 0.05) is 18.6 Å². The number of Topliss-reactive ketones (excluding diaryl/α,β-unsaturated/α-hetero) is 1. The summed E-state index contributed by atoms with van der Waals surface area (Å²) in [5, 5.41) is 92.5. The van der Waals surface area contributed by atoms with Gasteiger partial charge in [-0.05, 0) is 37.0 Å². The highest BCUT2D eigenvalue weighted by atomic mass is 16.8. The SMILES string of the molecule is CCc1ccc(CCC(=O)c2c(O)cc(O[C@@H]3O[C@H](CO)[C@@H](O)[C@H](O)[C@H]3O[C@@H]3O[C@@H](C)[C@H](O)[C@@H](O)[C@H]3O)cc2O)cc1O. The lowest BCUT2D eigenvalue weighted by Gasteiger charge is -2.45. The second-order valence-corrected chi connectivity index (χ2v) is 10.7. The predicted octanol–water partition coefficient (Wildman–Crippen LogP) is -0.788. The van der Waals surface area contributed by atoms with Gasteiger partial charge in [-0.1, -0.05) is 19.1 Å². The molecule has 10 atom stereocenters. The summed E-state index contributed by atoms with van der Waals surface area (Å²) >= 11 is 0. The molecule has 14 heteroatoms. The number of aliphatic hydroxyl groups is 6. The smallest absolute Gasteiger partial charge is 0.229 e. The molecule has 43 heavy (non-hydrogen) atoms. The van der Waals surface area contributed by atoms with Crippen LogP contribution < -0.4 is 4.74 Å². The molecule has 2 aromatic carbocycles. The van der Waals surface area contributed by atoms with E-state index in [1.165, 1.54) is 6.92 Å². The molecular weight excluding hydrogens is 572 g/mol. The van der Waals surface area contributed by atoms with Gasteiger partial charge in [0.25, 0.3) is 0 Å². The third kappa shape index (κ3) is 7.03. The lowest BCUT2D eigenvalue weighted by molar-refractivity contribution is -0.354. The van der Waals surface area contributed by atoms with E-state index in [9.17, 15) is 50.8 Å². The molecule has 0 radical (unpaired) electrons. The van der Waals surface area contributed by atoms with Crippen molar-refractivity contribution in [1.82, 2.24) is 0 Å². The Morgan fingerprint density at radius 3 is 2.12 bits per heavy atom. The molecule has 0 saturated carbocycles. The molecule has 2 aliphatic heterocycles. The Morgan fingerprint density at radius 1 is 0.837 bits per heavy atom. The second-order valence-electron chi connectivity index (χ2n) is 10.7. The number of aryl methyl sites for hydroxylation is 2. The van der Waals surface area contributed by atoms with Crippen LogP contribution in [0.2, 0.25) is 0 Å². The lowest BCUT2D eigenvalue weighted by atomic mass is 9.97. The highest BCUT2D eigenvalue weighted by Gasteiger charge is 2.51. The molecule has 0 amide bonds. The summed E-state index contributed by atoms with van der Waals surface area (Å²) in [4.78, 5) is 12.9. The van der Waals surface area contributed by atoms with Crippen LogP contribution in [0.1, 0.15) is 41.8 Å². The van der Waals surface area contributed by atoms with E-state index in [0.29, 0.717) is 12.0 Å². The zero-order valence-electron chi connectivity index (χ0n) is 23.6. The number of carbonyl (C=O) groups is 1. The molecule has 0 bridgehead atoms. The number of phenols is 3. The molecular formula is C29H38O14. The van der Waals surface area contributed by atoms with Crippen LogP contribution in [-0.2, 0) is 27.1 Å². The molecule has 4 rings (SSSR count). The Labute approximate surface area is 246 Å². The number of hydrogen-bond acceptors (Lipinski definition) is 14. The number of hydrogen-bond donors (Lipinski definition) is 9. The van der Waals surface area contributed by atoms with E-state index in [0.717, 1.165) is 17.7 Å². The normalized spacial score (nSPS) is 32.8. The molecule has 2 heterocycles. The van der Waals surface area contributed by atoms with Gasteiger partial charge in [0.1, 0.15) is 65.2 Å². The first kappa shape index (κ1) is 32.9. The number of ketones is 1. The maximum absolute atomic E-state index is 12.9. The maximum Gasteiger partial charge on any atom is 0.229 e. The van der Waals surface area contributed by atoms with Crippen LogP contribution in [0.15, 0.2) is 30.3 Å². The number of ether oxygens (including phenoxy) is 4. The summed E-state index contributed by atoms with van der Waals surface area (Å²) in [5.41, 5.74) is 1.07. The van der Waals surface area contributed by atoms with Gasteiger partial charge in [-0.15, -0.1) is 0 Å². The summed E-state index contributed by atoms with van der Waals surface area (Å²) in [7, 11) is 0. The van der Waals surface area contributed by atoms with Crippen molar-refractivity contribution in [3.05, 3.63) is 47.0 Å². The summed E-state index contributed by atoms with van der Waals surface area (Å²) in [6.07, 6.45) is -14.7. The van der Waals surface area contributed by atoms with Crippen molar-refractivity contribution in [3.8, 4) is 23.0 Å². The highest BCUT2D eigenvalue weighted by Crippen LogP contribution is 2.36. The highest BCUT2D eigenvalue weighted by molar-refractivity contribution is 6.01. The van der Waals surface area contributed by atoms with Crippen LogP contribution in [0.5, 0.6) is 23.0 Å². The van der Waals surface area contributed by atoms with Crippen molar-refractivity contribution in [2.45, 2.75) is 94.5 Å². The summed E-state index contributed by atoms with van der Waals surface area (Å²) in [6, 6.07) is 7.10. The van der Waals surface area contributed by atoms with Crippen molar-refractivity contribution in [2.24, 2.45) is 0 Å². The Balaban J connectivity index is 1.51. The van der Waals surface area contributed by atoms with Crippen LogP contribution in [0, 0.1) is 0 Å². The van der Waals surface area contributed by atoms with Gasteiger partial charge < -0.3 is 64.9 Å². The quantitative estimate of drug-likeness (QED) is 0.150. The van der Waals surface area contributed by atoms with Gasteiger partial charge in [0.2, 0.25) is 6.29 Å². The van der Waals surface area contributed by atoms with E-state index in [-0.39, 0.29) is 29.9 Å². The predicted molar refractivity (Wildman–Crippen MR) is 146 cm³/mol. The monoisotopic (exact) mass is 610 g/mol. The average molecular weight is 611 g/mol. The first-order valence-corrected chi connectivity index (χ1v) is 13.9. The Bertz CT molecular complexity index is 1250. The minimum atomic E-state index is -1.78. The van der Waals surface area contributed by atoms with E-state index in [4.69, 9.17) is 18.9 Å². The molecule has 0 aliphatic carbocycles. The van der Waals surface area contributed by atoms with E-state index in [1.807, 2.05) is 6.92 Å². The largest absolute Gasteiger partial charge is 0.508 e. The molecule has 2 saturated heterocycles. The number of rotatable bonds is 10. The summed E-state index contributed by atoms with van der Waals surface area (Å²) in [6.45, 7) is 2.57. The van der Waals surface area contributed by atoms with Gasteiger partial charge in [-0.2, -0.15) is 0 Å². The first-order valence-electron chi connectivity index (χ1n) is 13.9. The van der Waals surface area contributed by atoms with E-state index in [2.05, 4.69) is 0 Å². The zero-order chi connectivity index (χ0) is 31.6. The van der Waals surface area contributed by atoms with Crippen molar-refractivity contribution >= 4 is 5.78 Å². The summed E-state index contributed by atoms with van der Waals surface area (Å²) in [5.74, 6) is -1.99. The Hall–Kier alpha value is -3.05. The van der Waals surface area contributed by atoms with Crippen LogP contribution in [0.25, 0.3) is 0 Å². The molecule has 2 fully saturated rings. The minimum absolute atomic E-state index is 0.0984. The van der Waals surface area contributed by atoms with Crippen molar-refractivity contribution < 1.29 is 69.7 Å². The fourth-order valence-electron chi connectivity index (χ4n) is 5.10. The van der Waals surface area contributed by atoms with Gasteiger partial charge in [-0.25, -0.2) is 0 Å². The minimum Gasteiger partial charge on any atom is -0.508 e. The van der Waals surface area contributed by atoms with E-state index in [1.54, 1.807) is 18.2 Å². The molecule has 14 nitrogen and oxygen atoms in total. The van der Waals surface area contributed by atoms with Gasteiger partial charge >= 0.3 is 0 Å². The second kappa shape index (κ2) is 13.7. The van der Waals surface area contributed by atoms with Crippen LogP contribution in [0.4, 0.5) is 0 Å². The average Bonchev–Trinajstić information content (AvgIpc) is 2.96.